The molecule has 7 nitrogen and oxygen atoms in total. The molecule has 158 valence electrons. The summed E-state index contributed by atoms with van der Waals surface area (Å²) in [7, 11) is 0. The first kappa shape index (κ1) is 20.6. The minimum Gasteiger partial charge on any atom is -0.464 e. The quantitative estimate of drug-likeness (QED) is 0.505. The Bertz CT molecular complexity index is 1020. The molecule has 2 aromatic heterocycles. The number of ether oxygens (including phenoxy) is 1. The van der Waals surface area contributed by atoms with Crippen molar-refractivity contribution in [3.63, 3.8) is 0 Å². The number of nitrogens with zero attached hydrogens (tertiary/aromatic N) is 1. The molecule has 2 unspecified atom stereocenters. The van der Waals surface area contributed by atoms with E-state index in [2.05, 4.69) is 20.6 Å². The van der Waals surface area contributed by atoms with Crippen molar-refractivity contribution >= 4 is 34.1 Å². The third-order valence-corrected chi connectivity index (χ3v) is 6.38. The molecule has 0 bridgehead atoms. The number of hydrogen-bond acceptors (Lipinski definition) is 6. The van der Waals surface area contributed by atoms with Gasteiger partial charge in [-0.2, -0.15) is 0 Å². The standard InChI is InChI=1S/C22H26N4O3S/c1-2-29-22(28)18(10-15-12-24-17-8-4-3-7-16(15)17)25-20(27)19-13-30-21(26-19)14-6-5-9-23-11-14/h3-4,7-8,12-14,18,23-24H,2,5-6,9-11H2,1H3,(H,25,27). The van der Waals surface area contributed by atoms with Crippen LogP contribution >= 0.6 is 11.3 Å². The fourth-order valence-corrected chi connectivity index (χ4v) is 4.77. The molecule has 1 amide bonds. The van der Waals surface area contributed by atoms with Crippen molar-refractivity contribution in [1.29, 1.82) is 0 Å². The first-order valence-corrected chi connectivity index (χ1v) is 11.2. The maximum absolute atomic E-state index is 12.9. The molecule has 1 saturated heterocycles. The second kappa shape index (κ2) is 9.40. The van der Waals surface area contributed by atoms with Gasteiger partial charge >= 0.3 is 5.97 Å². The normalized spacial score (nSPS) is 17.6. The van der Waals surface area contributed by atoms with Gasteiger partial charge < -0.3 is 20.4 Å². The molecule has 4 rings (SSSR count). The summed E-state index contributed by atoms with van der Waals surface area (Å²) in [5.74, 6) is -0.445. The van der Waals surface area contributed by atoms with Crippen molar-refractivity contribution in [2.75, 3.05) is 19.7 Å². The molecule has 0 saturated carbocycles. The minimum absolute atomic E-state index is 0.259. The van der Waals surface area contributed by atoms with Crippen LogP contribution in [-0.2, 0) is 16.0 Å². The molecular formula is C22H26N4O3S. The number of carbonyl (C=O) groups is 2. The molecule has 0 spiro atoms. The molecule has 1 fully saturated rings. The molecule has 3 heterocycles. The molecule has 0 aliphatic carbocycles. The Morgan fingerprint density at radius 1 is 1.37 bits per heavy atom. The van der Waals surface area contributed by atoms with Crippen LogP contribution in [0.3, 0.4) is 0 Å². The molecule has 1 aliphatic rings. The molecular weight excluding hydrogens is 400 g/mol. The Morgan fingerprint density at radius 2 is 2.23 bits per heavy atom. The summed E-state index contributed by atoms with van der Waals surface area (Å²) in [5, 5.41) is 9.98. The summed E-state index contributed by atoms with van der Waals surface area (Å²) in [6.07, 6.45) is 4.41. The number of aromatic nitrogens is 2. The SMILES string of the molecule is CCOC(=O)C(Cc1c[nH]c2ccccc12)NC(=O)c1csc(C2CCCNC2)n1. The molecule has 1 aliphatic heterocycles. The third-order valence-electron chi connectivity index (χ3n) is 5.38. The number of nitrogens with one attached hydrogen (secondary N) is 3. The van der Waals surface area contributed by atoms with E-state index in [1.54, 1.807) is 12.3 Å². The average Bonchev–Trinajstić information content (AvgIpc) is 3.42. The summed E-state index contributed by atoms with van der Waals surface area (Å²) in [5.41, 5.74) is 2.30. The molecule has 0 radical (unpaired) electrons. The third kappa shape index (κ3) is 4.55. The second-order valence-electron chi connectivity index (χ2n) is 7.46. The van der Waals surface area contributed by atoms with E-state index in [0.717, 1.165) is 47.4 Å². The lowest BCUT2D eigenvalue weighted by Gasteiger charge is -2.20. The Labute approximate surface area is 179 Å². The van der Waals surface area contributed by atoms with Crippen molar-refractivity contribution in [1.82, 2.24) is 20.6 Å². The average molecular weight is 427 g/mol. The van der Waals surface area contributed by atoms with Gasteiger partial charge in [-0.15, -0.1) is 11.3 Å². The number of amides is 1. The first-order valence-electron chi connectivity index (χ1n) is 10.3. The largest absolute Gasteiger partial charge is 0.464 e. The molecule has 2 atom stereocenters. The van der Waals surface area contributed by atoms with Crippen molar-refractivity contribution in [3.05, 3.63) is 52.1 Å². The number of rotatable bonds is 7. The minimum atomic E-state index is -0.779. The zero-order valence-corrected chi connectivity index (χ0v) is 17.8. The Morgan fingerprint density at radius 3 is 3.03 bits per heavy atom. The van der Waals surface area contributed by atoms with Crippen LogP contribution in [0.5, 0.6) is 0 Å². The van der Waals surface area contributed by atoms with Gasteiger partial charge in [0.15, 0.2) is 0 Å². The highest BCUT2D eigenvalue weighted by atomic mass is 32.1. The maximum atomic E-state index is 12.9. The summed E-state index contributed by atoms with van der Waals surface area (Å²) < 4.78 is 5.21. The number of carbonyl (C=O) groups excluding carboxylic acids is 2. The number of aromatic amines is 1. The van der Waals surface area contributed by atoms with Gasteiger partial charge in [0.05, 0.1) is 11.6 Å². The summed E-state index contributed by atoms with van der Waals surface area (Å²) in [6, 6.07) is 7.10. The topological polar surface area (TPSA) is 96.1 Å². The van der Waals surface area contributed by atoms with Crippen LogP contribution in [0.1, 0.15) is 46.7 Å². The molecule has 30 heavy (non-hydrogen) atoms. The zero-order valence-electron chi connectivity index (χ0n) is 16.9. The van der Waals surface area contributed by atoms with Gasteiger partial charge in [0.2, 0.25) is 0 Å². The Balaban J connectivity index is 1.49. The number of para-hydroxylation sites is 1. The van der Waals surface area contributed by atoms with Crippen LogP contribution < -0.4 is 10.6 Å². The lowest BCUT2D eigenvalue weighted by Crippen LogP contribution is -2.43. The smallest absolute Gasteiger partial charge is 0.328 e. The second-order valence-corrected chi connectivity index (χ2v) is 8.35. The summed E-state index contributed by atoms with van der Waals surface area (Å²) >= 11 is 1.50. The number of benzene rings is 1. The van der Waals surface area contributed by atoms with Crippen molar-refractivity contribution in [3.8, 4) is 0 Å². The highest BCUT2D eigenvalue weighted by Gasteiger charge is 2.26. The predicted octanol–water partition coefficient (Wildman–Crippen LogP) is 3.00. The Hall–Kier alpha value is -2.71. The maximum Gasteiger partial charge on any atom is 0.328 e. The van der Waals surface area contributed by atoms with Gasteiger partial charge in [0.25, 0.3) is 5.91 Å². The van der Waals surface area contributed by atoms with Crippen molar-refractivity contribution < 1.29 is 14.3 Å². The predicted molar refractivity (Wildman–Crippen MR) is 117 cm³/mol. The van der Waals surface area contributed by atoms with Crippen LogP contribution in [0, 0.1) is 0 Å². The number of piperidine rings is 1. The van der Waals surface area contributed by atoms with E-state index in [9.17, 15) is 9.59 Å². The van der Waals surface area contributed by atoms with E-state index in [0.29, 0.717) is 18.0 Å². The van der Waals surface area contributed by atoms with Gasteiger partial charge in [-0.1, -0.05) is 18.2 Å². The van der Waals surface area contributed by atoms with Crippen LogP contribution in [0.4, 0.5) is 0 Å². The van der Waals surface area contributed by atoms with E-state index >= 15 is 0 Å². The molecule has 8 heteroatoms. The molecule has 1 aromatic carbocycles. The van der Waals surface area contributed by atoms with E-state index in [-0.39, 0.29) is 12.5 Å². The van der Waals surface area contributed by atoms with E-state index < -0.39 is 12.0 Å². The lowest BCUT2D eigenvalue weighted by atomic mass is 10.0. The fraction of sp³-hybridized carbons (Fsp3) is 0.409. The van der Waals surface area contributed by atoms with Crippen molar-refractivity contribution in [2.45, 2.75) is 38.1 Å². The van der Waals surface area contributed by atoms with Gasteiger partial charge in [0, 0.05) is 41.4 Å². The molecule has 3 N–H and O–H groups in total. The van der Waals surface area contributed by atoms with Crippen molar-refractivity contribution in [2.24, 2.45) is 0 Å². The fourth-order valence-electron chi connectivity index (χ4n) is 3.83. The number of thiazole rings is 1. The van der Waals surface area contributed by atoms with Gasteiger partial charge in [-0.05, 0) is 37.9 Å². The number of H-pyrrole nitrogens is 1. The number of fused-ring (bicyclic) bond motifs is 1. The van der Waals surface area contributed by atoms with E-state index in [1.807, 2.05) is 30.5 Å². The lowest BCUT2D eigenvalue weighted by molar-refractivity contribution is -0.145. The van der Waals surface area contributed by atoms with Crippen LogP contribution in [0.15, 0.2) is 35.8 Å². The molecule has 3 aromatic rings. The summed E-state index contributed by atoms with van der Waals surface area (Å²) in [4.78, 5) is 33.2. The van der Waals surface area contributed by atoms with Crippen LogP contribution in [0.2, 0.25) is 0 Å². The summed E-state index contributed by atoms with van der Waals surface area (Å²) in [6.45, 7) is 3.94. The van der Waals surface area contributed by atoms with Crippen LogP contribution in [0.25, 0.3) is 10.9 Å². The highest BCUT2D eigenvalue weighted by molar-refractivity contribution is 7.09. The van der Waals surface area contributed by atoms with E-state index in [1.165, 1.54) is 11.3 Å². The van der Waals surface area contributed by atoms with E-state index in [4.69, 9.17) is 4.74 Å². The number of esters is 1. The highest BCUT2D eigenvalue weighted by Crippen LogP contribution is 2.26. The first-order chi connectivity index (χ1) is 14.7. The number of hydrogen-bond donors (Lipinski definition) is 3. The van der Waals surface area contributed by atoms with Gasteiger partial charge in [0.1, 0.15) is 11.7 Å². The van der Waals surface area contributed by atoms with Gasteiger partial charge in [-0.25, -0.2) is 9.78 Å². The zero-order chi connectivity index (χ0) is 20.9. The Kier molecular flexibility index (Phi) is 6.44. The monoisotopic (exact) mass is 426 g/mol. The van der Waals surface area contributed by atoms with Gasteiger partial charge in [-0.3, -0.25) is 4.79 Å². The van der Waals surface area contributed by atoms with Crippen LogP contribution in [-0.4, -0.2) is 47.6 Å².